The number of nitrogens with zero attached hydrogens (tertiary/aromatic N) is 3. The fourth-order valence-electron chi connectivity index (χ4n) is 2.76. The molecule has 2 aromatic heterocycles. The Balaban J connectivity index is 2.26. The summed E-state index contributed by atoms with van der Waals surface area (Å²) < 4.78 is 41.7. The van der Waals surface area contributed by atoms with Crippen LogP contribution in [0.1, 0.15) is 42.0 Å². The van der Waals surface area contributed by atoms with Crippen molar-refractivity contribution in [3.63, 3.8) is 0 Å². The normalized spacial score (nSPS) is 13.0. The Labute approximate surface area is 164 Å². The molecule has 0 aliphatic heterocycles. The molecule has 9 heteroatoms. The molecule has 0 aliphatic carbocycles. The summed E-state index contributed by atoms with van der Waals surface area (Å²) in [6, 6.07) is 7.05. The largest absolute Gasteiger partial charge is 0.433 e. The highest BCUT2D eigenvalue weighted by atomic mass is 35.5. The van der Waals surface area contributed by atoms with E-state index in [0.29, 0.717) is 21.5 Å². The molecular weight excluding hydrogens is 393 g/mol. The first-order valence-corrected chi connectivity index (χ1v) is 9.04. The van der Waals surface area contributed by atoms with Gasteiger partial charge in [-0.15, -0.1) is 0 Å². The first-order valence-electron chi connectivity index (χ1n) is 8.66. The molecule has 0 saturated heterocycles. The third-order valence-electron chi connectivity index (χ3n) is 4.41. The van der Waals surface area contributed by atoms with Crippen molar-refractivity contribution in [2.24, 2.45) is 0 Å². The number of fused-ring (bicyclic) bond motifs is 1. The van der Waals surface area contributed by atoms with Gasteiger partial charge in [-0.2, -0.15) is 18.3 Å². The van der Waals surface area contributed by atoms with Crippen molar-refractivity contribution in [1.29, 1.82) is 0 Å². The van der Waals surface area contributed by atoms with Crippen molar-refractivity contribution >= 4 is 23.2 Å². The van der Waals surface area contributed by atoms with Crippen molar-refractivity contribution in [2.75, 3.05) is 0 Å². The van der Waals surface area contributed by atoms with Crippen LogP contribution >= 0.6 is 11.6 Å². The number of hydrogen-bond acceptors (Lipinski definition) is 3. The van der Waals surface area contributed by atoms with Gasteiger partial charge < -0.3 is 5.32 Å². The molecule has 3 aromatic rings. The average Bonchev–Trinajstić information content (AvgIpc) is 2.96. The number of carbonyl (C=O) groups is 1. The molecule has 1 N–H and O–H groups in total. The van der Waals surface area contributed by atoms with Crippen molar-refractivity contribution in [3.05, 3.63) is 52.3 Å². The third-order valence-corrected chi connectivity index (χ3v) is 4.66. The fourth-order valence-corrected chi connectivity index (χ4v) is 2.88. The van der Waals surface area contributed by atoms with Crippen LogP contribution < -0.4 is 5.32 Å². The molecule has 1 atom stereocenters. The van der Waals surface area contributed by atoms with Crippen LogP contribution in [0.3, 0.4) is 0 Å². The van der Waals surface area contributed by atoms with Gasteiger partial charge in [-0.1, -0.05) is 30.7 Å². The van der Waals surface area contributed by atoms with E-state index in [9.17, 15) is 18.0 Å². The Bertz CT molecular complexity index is 1030. The van der Waals surface area contributed by atoms with Crippen LogP contribution in [0.15, 0.2) is 30.3 Å². The second-order valence-electron chi connectivity index (χ2n) is 6.51. The van der Waals surface area contributed by atoms with Crippen molar-refractivity contribution in [1.82, 2.24) is 19.9 Å². The molecule has 0 bridgehead atoms. The minimum absolute atomic E-state index is 0.0293. The van der Waals surface area contributed by atoms with Gasteiger partial charge in [0, 0.05) is 16.6 Å². The zero-order valence-electron chi connectivity index (χ0n) is 15.4. The average molecular weight is 411 g/mol. The van der Waals surface area contributed by atoms with Gasteiger partial charge in [-0.05, 0) is 38.5 Å². The first kappa shape index (κ1) is 20.1. The molecule has 0 aliphatic rings. The molecule has 2 heterocycles. The lowest BCUT2D eigenvalue weighted by molar-refractivity contribution is -0.142. The minimum Gasteiger partial charge on any atom is -0.349 e. The number of nitrogens with one attached hydrogen (secondary N) is 1. The second kappa shape index (κ2) is 7.43. The summed E-state index contributed by atoms with van der Waals surface area (Å²) in [4.78, 5) is 17.0. The summed E-state index contributed by atoms with van der Waals surface area (Å²) in [5, 5.41) is 7.15. The number of carbonyl (C=O) groups excluding carboxylic acids is 1. The number of aromatic nitrogens is 3. The number of hydrogen-bond donors (Lipinski definition) is 1. The Kier molecular flexibility index (Phi) is 5.34. The maximum atomic E-state index is 13.7. The highest BCUT2D eigenvalue weighted by Gasteiger charge is 2.36. The smallest absolute Gasteiger partial charge is 0.349 e. The lowest BCUT2D eigenvalue weighted by atomic mass is 10.1. The minimum atomic E-state index is -4.68. The topological polar surface area (TPSA) is 59.3 Å². The van der Waals surface area contributed by atoms with Gasteiger partial charge in [-0.3, -0.25) is 4.79 Å². The molecule has 0 radical (unpaired) electrons. The summed E-state index contributed by atoms with van der Waals surface area (Å²) in [7, 11) is 0. The molecule has 0 fully saturated rings. The van der Waals surface area contributed by atoms with Crippen LogP contribution in [0, 0.1) is 6.92 Å². The summed E-state index contributed by atoms with van der Waals surface area (Å²) in [6.45, 7) is 5.20. The van der Waals surface area contributed by atoms with Crippen molar-refractivity contribution in [3.8, 4) is 11.3 Å². The maximum Gasteiger partial charge on any atom is 0.433 e. The van der Waals surface area contributed by atoms with E-state index in [0.717, 1.165) is 6.07 Å². The molecule has 0 saturated carbocycles. The van der Waals surface area contributed by atoms with E-state index in [1.165, 1.54) is 6.92 Å². The molecule has 28 heavy (non-hydrogen) atoms. The van der Waals surface area contributed by atoms with E-state index in [4.69, 9.17) is 11.6 Å². The van der Waals surface area contributed by atoms with Gasteiger partial charge in [0.05, 0.1) is 11.4 Å². The Morgan fingerprint density at radius 3 is 2.50 bits per heavy atom. The Hall–Kier alpha value is -2.61. The van der Waals surface area contributed by atoms with E-state index in [-0.39, 0.29) is 28.6 Å². The lowest BCUT2D eigenvalue weighted by Gasteiger charge is -2.13. The first-order chi connectivity index (χ1) is 13.1. The van der Waals surface area contributed by atoms with E-state index in [2.05, 4.69) is 15.4 Å². The molecule has 3 rings (SSSR count). The summed E-state index contributed by atoms with van der Waals surface area (Å²) in [5.74, 6) is -0.504. The van der Waals surface area contributed by atoms with E-state index >= 15 is 0 Å². The predicted octanol–water partition coefficient (Wildman–Crippen LogP) is 4.91. The Morgan fingerprint density at radius 2 is 1.93 bits per heavy atom. The Morgan fingerprint density at radius 1 is 1.29 bits per heavy atom. The molecule has 1 amide bonds. The van der Waals surface area contributed by atoms with Crippen LogP contribution in [0.5, 0.6) is 0 Å². The zero-order valence-corrected chi connectivity index (χ0v) is 16.2. The molecule has 1 aromatic carbocycles. The highest BCUT2D eigenvalue weighted by Crippen LogP contribution is 2.33. The number of alkyl halides is 3. The van der Waals surface area contributed by atoms with Gasteiger partial charge >= 0.3 is 6.18 Å². The summed E-state index contributed by atoms with van der Waals surface area (Å²) >= 11 is 5.86. The standard InChI is InChI=1S/C19H18ClF3N4O/c1-4-10(2)24-18(28)16-11(3)26-27-15(19(21,22)23)9-14(25-17(16)27)12-5-7-13(20)8-6-12/h5-10H,4H2,1-3H3,(H,24,28)/t10-/m1/s1. The number of benzene rings is 1. The van der Waals surface area contributed by atoms with Crippen LogP contribution in [-0.2, 0) is 6.18 Å². The molecular formula is C19H18ClF3N4O. The molecule has 148 valence electrons. The van der Waals surface area contributed by atoms with Crippen LogP contribution in [0.25, 0.3) is 16.9 Å². The highest BCUT2D eigenvalue weighted by molar-refractivity contribution is 6.30. The molecule has 0 unspecified atom stereocenters. The number of halogens is 4. The van der Waals surface area contributed by atoms with Gasteiger partial charge in [0.25, 0.3) is 5.91 Å². The molecule has 5 nitrogen and oxygen atoms in total. The van der Waals surface area contributed by atoms with Crippen molar-refractivity contribution < 1.29 is 18.0 Å². The zero-order chi connectivity index (χ0) is 20.6. The second-order valence-corrected chi connectivity index (χ2v) is 6.95. The number of amides is 1. The number of aryl methyl sites for hydroxylation is 1. The summed E-state index contributed by atoms with van der Waals surface area (Å²) in [5.41, 5.74) is -0.418. The van der Waals surface area contributed by atoms with Crippen LogP contribution in [0.4, 0.5) is 13.2 Å². The predicted molar refractivity (Wildman–Crippen MR) is 100 cm³/mol. The van der Waals surface area contributed by atoms with Crippen LogP contribution in [-0.4, -0.2) is 26.5 Å². The van der Waals surface area contributed by atoms with E-state index in [1.54, 1.807) is 24.3 Å². The monoisotopic (exact) mass is 410 g/mol. The van der Waals surface area contributed by atoms with Crippen molar-refractivity contribution in [2.45, 2.75) is 39.4 Å². The van der Waals surface area contributed by atoms with Gasteiger partial charge in [0.2, 0.25) is 0 Å². The quantitative estimate of drug-likeness (QED) is 0.665. The van der Waals surface area contributed by atoms with Gasteiger partial charge in [0.15, 0.2) is 11.3 Å². The molecule has 0 spiro atoms. The third kappa shape index (κ3) is 3.82. The number of rotatable bonds is 4. The van der Waals surface area contributed by atoms with E-state index < -0.39 is 17.8 Å². The fraction of sp³-hybridized carbons (Fsp3) is 0.316. The summed E-state index contributed by atoms with van der Waals surface area (Å²) in [6.07, 6.45) is -3.99. The van der Waals surface area contributed by atoms with E-state index in [1.807, 2.05) is 13.8 Å². The lowest BCUT2D eigenvalue weighted by Crippen LogP contribution is -2.32. The van der Waals surface area contributed by atoms with Crippen LogP contribution in [0.2, 0.25) is 5.02 Å². The SMILES string of the molecule is CC[C@@H](C)NC(=O)c1c(C)nn2c(C(F)(F)F)cc(-c3ccc(Cl)cc3)nc12. The maximum absolute atomic E-state index is 13.7. The van der Waals surface area contributed by atoms with Gasteiger partial charge in [0.1, 0.15) is 5.56 Å². The van der Waals surface area contributed by atoms with Gasteiger partial charge in [-0.25, -0.2) is 9.50 Å².